The Hall–Kier alpha value is -1.73. The number of rotatable bonds is 3. The maximum atomic E-state index is 12.3. The van der Waals surface area contributed by atoms with Gasteiger partial charge in [-0.05, 0) is 52.6 Å². The molecule has 124 valence electrons. The van der Waals surface area contributed by atoms with E-state index in [0.717, 1.165) is 25.9 Å². The van der Waals surface area contributed by atoms with Gasteiger partial charge in [-0.3, -0.25) is 14.8 Å². The van der Waals surface area contributed by atoms with Gasteiger partial charge in [0.15, 0.2) is 5.13 Å². The van der Waals surface area contributed by atoms with Crippen LogP contribution in [-0.2, 0) is 5.54 Å². The summed E-state index contributed by atoms with van der Waals surface area (Å²) in [5.41, 5.74) is 0.417. The van der Waals surface area contributed by atoms with E-state index in [4.69, 9.17) is 0 Å². The molecule has 23 heavy (non-hydrogen) atoms. The quantitative estimate of drug-likeness (QED) is 0.906. The molecule has 1 saturated heterocycles. The average Bonchev–Trinajstić information content (AvgIpc) is 3.17. The largest absolute Gasteiger partial charge is 0.317 e. The Labute approximate surface area is 140 Å². The maximum absolute atomic E-state index is 12.3. The number of hydrogen-bond acceptors (Lipinski definition) is 5. The molecule has 0 aromatic carbocycles. The zero-order chi connectivity index (χ0) is 16.4. The van der Waals surface area contributed by atoms with Crippen LogP contribution in [0.5, 0.6) is 0 Å². The molecule has 3 rings (SSSR count). The van der Waals surface area contributed by atoms with Crippen LogP contribution in [-0.4, -0.2) is 33.8 Å². The molecule has 0 bridgehead atoms. The molecule has 0 spiro atoms. The molecule has 0 radical (unpaired) electrons. The Balaban J connectivity index is 1.66. The van der Waals surface area contributed by atoms with Crippen molar-refractivity contribution in [2.24, 2.45) is 0 Å². The molecule has 2 N–H and O–H groups in total. The van der Waals surface area contributed by atoms with E-state index in [0.29, 0.717) is 16.6 Å². The standard InChI is InChI=1S/C16H23N5OS/c1-16(2,3)21-10-12(8-19-21)14(22)20-15-18-9-13(23-15)11-4-6-17-7-5-11/h8-11,17H,4-7H2,1-3H3,(H,18,20,22). The normalized spacial score (nSPS) is 16.5. The van der Waals surface area contributed by atoms with Gasteiger partial charge in [-0.2, -0.15) is 5.10 Å². The zero-order valence-corrected chi connectivity index (χ0v) is 14.6. The first kappa shape index (κ1) is 16.1. The molecule has 7 heteroatoms. The summed E-state index contributed by atoms with van der Waals surface area (Å²) in [6.07, 6.45) is 7.54. The highest BCUT2D eigenvalue weighted by Gasteiger charge is 2.20. The van der Waals surface area contributed by atoms with Crippen molar-refractivity contribution >= 4 is 22.4 Å². The summed E-state index contributed by atoms with van der Waals surface area (Å²) in [5, 5.41) is 11.2. The van der Waals surface area contributed by atoms with Crippen LogP contribution in [0.15, 0.2) is 18.6 Å². The molecule has 1 aliphatic rings. The molecule has 0 unspecified atom stereocenters. The summed E-state index contributed by atoms with van der Waals surface area (Å²) < 4.78 is 1.80. The number of hydrogen-bond donors (Lipinski definition) is 2. The lowest BCUT2D eigenvalue weighted by Crippen LogP contribution is -2.26. The molecule has 0 atom stereocenters. The highest BCUT2D eigenvalue weighted by atomic mass is 32.1. The van der Waals surface area contributed by atoms with Gasteiger partial charge in [-0.15, -0.1) is 11.3 Å². The number of amides is 1. The highest BCUT2D eigenvalue weighted by molar-refractivity contribution is 7.15. The minimum Gasteiger partial charge on any atom is -0.317 e. The van der Waals surface area contributed by atoms with E-state index in [2.05, 4.69) is 20.7 Å². The van der Waals surface area contributed by atoms with Crippen LogP contribution in [0.25, 0.3) is 0 Å². The van der Waals surface area contributed by atoms with E-state index in [1.54, 1.807) is 28.4 Å². The number of carbonyl (C=O) groups excluding carboxylic acids is 1. The molecule has 0 aliphatic carbocycles. The molecule has 1 amide bonds. The Kier molecular flexibility index (Phi) is 4.50. The lowest BCUT2D eigenvalue weighted by Gasteiger charge is -2.20. The lowest BCUT2D eigenvalue weighted by molar-refractivity contribution is 0.102. The number of thiazole rings is 1. The first-order valence-electron chi connectivity index (χ1n) is 7.96. The molecule has 0 saturated carbocycles. The number of carbonyl (C=O) groups is 1. The van der Waals surface area contributed by atoms with Crippen LogP contribution in [0.2, 0.25) is 0 Å². The predicted molar refractivity (Wildman–Crippen MR) is 92.1 cm³/mol. The van der Waals surface area contributed by atoms with E-state index in [1.165, 1.54) is 4.88 Å². The Bertz CT molecular complexity index is 679. The second kappa shape index (κ2) is 6.41. The third-order valence-electron chi connectivity index (χ3n) is 4.02. The summed E-state index contributed by atoms with van der Waals surface area (Å²) in [6, 6.07) is 0. The summed E-state index contributed by atoms with van der Waals surface area (Å²) in [5.74, 6) is 0.398. The SMILES string of the molecule is CC(C)(C)n1cc(C(=O)Nc2ncc(C3CCNCC3)s2)cn1. The van der Waals surface area contributed by atoms with Crippen molar-refractivity contribution in [1.82, 2.24) is 20.1 Å². The van der Waals surface area contributed by atoms with E-state index >= 15 is 0 Å². The minimum atomic E-state index is -0.160. The summed E-state index contributed by atoms with van der Waals surface area (Å²) in [7, 11) is 0. The number of anilines is 1. The molecule has 3 heterocycles. The number of nitrogens with zero attached hydrogens (tertiary/aromatic N) is 3. The fraction of sp³-hybridized carbons (Fsp3) is 0.562. The molecule has 2 aromatic rings. The van der Waals surface area contributed by atoms with Crippen molar-refractivity contribution in [2.45, 2.75) is 45.1 Å². The van der Waals surface area contributed by atoms with Crippen molar-refractivity contribution in [3.8, 4) is 0 Å². The average molecular weight is 333 g/mol. The fourth-order valence-electron chi connectivity index (χ4n) is 2.62. The van der Waals surface area contributed by atoms with Crippen molar-refractivity contribution in [3.63, 3.8) is 0 Å². The number of piperidine rings is 1. The van der Waals surface area contributed by atoms with Crippen LogP contribution < -0.4 is 10.6 Å². The lowest BCUT2D eigenvalue weighted by atomic mass is 9.97. The number of aromatic nitrogens is 3. The second-order valence-electron chi connectivity index (χ2n) is 6.89. The van der Waals surface area contributed by atoms with Gasteiger partial charge in [-0.25, -0.2) is 4.98 Å². The van der Waals surface area contributed by atoms with Gasteiger partial charge in [0.05, 0.1) is 17.3 Å². The fourth-order valence-corrected chi connectivity index (χ4v) is 3.60. The van der Waals surface area contributed by atoms with E-state index < -0.39 is 0 Å². The molecule has 2 aromatic heterocycles. The van der Waals surface area contributed by atoms with Crippen LogP contribution in [0, 0.1) is 0 Å². The Morgan fingerprint density at radius 2 is 2.09 bits per heavy atom. The van der Waals surface area contributed by atoms with Crippen molar-refractivity contribution < 1.29 is 4.79 Å². The first-order valence-corrected chi connectivity index (χ1v) is 8.78. The molecule has 1 fully saturated rings. The van der Waals surface area contributed by atoms with Crippen LogP contribution in [0.4, 0.5) is 5.13 Å². The van der Waals surface area contributed by atoms with E-state index in [1.807, 2.05) is 27.0 Å². The smallest absolute Gasteiger partial charge is 0.260 e. The molecule has 6 nitrogen and oxygen atoms in total. The van der Waals surface area contributed by atoms with Crippen molar-refractivity contribution in [2.75, 3.05) is 18.4 Å². The number of nitrogens with one attached hydrogen (secondary N) is 2. The van der Waals surface area contributed by atoms with Crippen molar-refractivity contribution in [3.05, 3.63) is 29.0 Å². The summed E-state index contributed by atoms with van der Waals surface area (Å²) in [4.78, 5) is 17.9. The topological polar surface area (TPSA) is 71.8 Å². The van der Waals surface area contributed by atoms with Crippen LogP contribution in [0.3, 0.4) is 0 Å². The third kappa shape index (κ3) is 3.79. The maximum Gasteiger partial charge on any atom is 0.260 e. The van der Waals surface area contributed by atoms with Gasteiger partial charge >= 0.3 is 0 Å². The second-order valence-corrected chi connectivity index (χ2v) is 7.95. The Morgan fingerprint density at radius 3 is 2.74 bits per heavy atom. The predicted octanol–water partition coefficient (Wildman–Crippen LogP) is 2.81. The van der Waals surface area contributed by atoms with E-state index in [-0.39, 0.29) is 11.4 Å². The van der Waals surface area contributed by atoms with Crippen LogP contribution in [0.1, 0.15) is 54.8 Å². The monoisotopic (exact) mass is 333 g/mol. The van der Waals surface area contributed by atoms with Gasteiger partial charge in [0.2, 0.25) is 0 Å². The molecule has 1 aliphatic heterocycles. The van der Waals surface area contributed by atoms with Crippen molar-refractivity contribution in [1.29, 1.82) is 0 Å². The van der Waals surface area contributed by atoms with Gasteiger partial charge < -0.3 is 5.32 Å². The first-order chi connectivity index (χ1) is 10.9. The Morgan fingerprint density at radius 1 is 1.35 bits per heavy atom. The van der Waals surface area contributed by atoms with Gasteiger partial charge in [0.25, 0.3) is 5.91 Å². The minimum absolute atomic E-state index is 0.137. The van der Waals surface area contributed by atoms with Crippen LogP contribution >= 0.6 is 11.3 Å². The summed E-state index contributed by atoms with van der Waals surface area (Å²) in [6.45, 7) is 8.25. The third-order valence-corrected chi connectivity index (χ3v) is 5.09. The molecular weight excluding hydrogens is 310 g/mol. The van der Waals surface area contributed by atoms with Gasteiger partial charge in [0.1, 0.15) is 0 Å². The highest BCUT2D eigenvalue weighted by Crippen LogP contribution is 2.31. The van der Waals surface area contributed by atoms with E-state index in [9.17, 15) is 4.79 Å². The van der Waals surface area contributed by atoms with Gasteiger partial charge in [-0.1, -0.05) is 0 Å². The summed E-state index contributed by atoms with van der Waals surface area (Å²) >= 11 is 1.58. The zero-order valence-electron chi connectivity index (χ0n) is 13.8. The molecular formula is C16H23N5OS. The van der Waals surface area contributed by atoms with Gasteiger partial charge in [0, 0.05) is 17.3 Å².